The van der Waals surface area contributed by atoms with Gasteiger partial charge in [0.15, 0.2) is 6.29 Å². The lowest BCUT2D eigenvalue weighted by Crippen LogP contribution is -2.09. The highest BCUT2D eigenvalue weighted by molar-refractivity contribution is 6.20. The molecular weight excluding hydrogens is 308 g/mol. The number of carboxylic acids is 3. The number of aliphatic hydroxyl groups is 1. The third-order valence-electron chi connectivity index (χ3n) is 3.01. The third-order valence-corrected chi connectivity index (χ3v) is 3.01. The van der Waals surface area contributed by atoms with Crippen molar-refractivity contribution < 1.29 is 39.6 Å². The molecule has 2 aromatic carbocycles. The SMILES string of the molecule is CO.O=Cc1ccc(C(=O)O)c2c(C(=O)O)ccc(C(=O)O)c12. The Hall–Kier alpha value is -3.26. The van der Waals surface area contributed by atoms with E-state index in [1.54, 1.807) is 0 Å². The van der Waals surface area contributed by atoms with Gasteiger partial charge in [0.2, 0.25) is 0 Å². The molecule has 8 nitrogen and oxygen atoms in total. The van der Waals surface area contributed by atoms with Crippen molar-refractivity contribution in [3.63, 3.8) is 0 Å². The lowest BCUT2D eigenvalue weighted by atomic mass is 9.92. The molecule has 23 heavy (non-hydrogen) atoms. The highest BCUT2D eigenvalue weighted by atomic mass is 16.4. The van der Waals surface area contributed by atoms with Crippen molar-refractivity contribution >= 4 is 35.0 Å². The zero-order valence-corrected chi connectivity index (χ0v) is 11.8. The van der Waals surface area contributed by atoms with Crippen molar-refractivity contribution in [1.82, 2.24) is 0 Å². The molecule has 0 aliphatic heterocycles. The van der Waals surface area contributed by atoms with E-state index in [4.69, 9.17) is 20.4 Å². The van der Waals surface area contributed by atoms with Crippen LogP contribution in [-0.4, -0.2) is 51.7 Å². The van der Waals surface area contributed by atoms with Crippen LogP contribution in [0.5, 0.6) is 0 Å². The van der Waals surface area contributed by atoms with Crippen molar-refractivity contribution in [2.75, 3.05) is 7.11 Å². The summed E-state index contributed by atoms with van der Waals surface area (Å²) in [4.78, 5) is 44.8. The van der Waals surface area contributed by atoms with Gasteiger partial charge < -0.3 is 20.4 Å². The summed E-state index contributed by atoms with van der Waals surface area (Å²) in [7, 11) is 1.00. The highest BCUT2D eigenvalue weighted by Gasteiger charge is 2.22. The zero-order chi connectivity index (χ0) is 17.7. The summed E-state index contributed by atoms with van der Waals surface area (Å²) in [5.41, 5.74) is -1.18. The molecule has 0 aliphatic rings. The van der Waals surface area contributed by atoms with Gasteiger partial charge in [-0.3, -0.25) is 4.79 Å². The molecule has 120 valence electrons. The van der Waals surface area contributed by atoms with Crippen molar-refractivity contribution in [1.29, 1.82) is 0 Å². The first-order valence-corrected chi connectivity index (χ1v) is 6.08. The number of rotatable bonds is 4. The summed E-state index contributed by atoms with van der Waals surface area (Å²) in [6, 6.07) is 4.27. The molecule has 2 rings (SSSR count). The fourth-order valence-corrected chi connectivity index (χ4v) is 2.15. The number of fused-ring (bicyclic) bond motifs is 1. The minimum Gasteiger partial charge on any atom is -0.478 e. The number of carbonyl (C=O) groups is 4. The Kier molecular flexibility index (Phi) is 5.52. The average Bonchev–Trinajstić information content (AvgIpc) is 2.53. The number of benzene rings is 2. The second-order valence-electron chi connectivity index (χ2n) is 4.15. The van der Waals surface area contributed by atoms with E-state index in [-0.39, 0.29) is 33.0 Å². The molecule has 0 aromatic heterocycles. The van der Waals surface area contributed by atoms with E-state index < -0.39 is 17.9 Å². The number of aliphatic hydroxyl groups excluding tert-OH is 1. The zero-order valence-electron chi connectivity index (χ0n) is 11.8. The minimum absolute atomic E-state index is 0.0875. The van der Waals surface area contributed by atoms with Crippen LogP contribution in [0.4, 0.5) is 0 Å². The quantitative estimate of drug-likeness (QED) is 0.617. The van der Waals surface area contributed by atoms with Gasteiger partial charge in [0.25, 0.3) is 0 Å². The lowest BCUT2D eigenvalue weighted by Gasteiger charge is -2.11. The molecule has 0 saturated heterocycles. The van der Waals surface area contributed by atoms with Crippen molar-refractivity contribution in [2.45, 2.75) is 0 Å². The van der Waals surface area contributed by atoms with Crippen LogP contribution < -0.4 is 0 Å². The first kappa shape index (κ1) is 17.8. The van der Waals surface area contributed by atoms with Gasteiger partial charge in [0.1, 0.15) is 0 Å². The molecule has 0 heterocycles. The van der Waals surface area contributed by atoms with E-state index in [9.17, 15) is 19.2 Å². The number of aromatic carboxylic acids is 3. The third kappa shape index (κ3) is 3.16. The fourth-order valence-electron chi connectivity index (χ4n) is 2.15. The van der Waals surface area contributed by atoms with Gasteiger partial charge in [0, 0.05) is 23.4 Å². The van der Waals surface area contributed by atoms with Crippen LogP contribution in [0.1, 0.15) is 41.4 Å². The second kappa shape index (κ2) is 7.14. The summed E-state index contributed by atoms with van der Waals surface area (Å²) in [5.74, 6) is -4.22. The maximum atomic E-state index is 11.2. The van der Waals surface area contributed by atoms with Crippen LogP contribution in [0.15, 0.2) is 24.3 Å². The first-order valence-electron chi connectivity index (χ1n) is 6.08. The van der Waals surface area contributed by atoms with Crippen LogP contribution in [0.3, 0.4) is 0 Å². The van der Waals surface area contributed by atoms with Crippen molar-refractivity contribution in [2.24, 2.45) is 0 Å². The molecule has 0 amide bonds. The van der Waals surface area contributed by atoms with Crippen LogP contribution in [0, 0.1) is 0 Å². The number of aldehydes is 1. The maximum absolute atomic E-state index is 11.2. The summed E-state index contributed by atoms with van der Waals surface area (Å²) in [5, 5.41) is 34.0. The summed E-state index contributed by atoms with van der Waals surface area (Å²) < 4.78 is 0. The van der Waals surface area contributed by atoms with Crippen molar-refractivity contribution in [3.05, 3.63) is 46.5 Å². The molecule has 4 N–H and O–H groups in total. The lowest BCUT2D eigenvalue weighted by molar-refractivity contribution is 0.0681. The van der Waals surface area contributed by atoms with Crippen molar-refractivity contribution in [3.8, 4) is 0 Å². The van der Waals surface area contributed by atoms with Gasteiger partial charge in [-0.05, 0) is 18.2 Å². The Morgan fingerprint density at radius 1 is 0.739 bits per heavy atom. The van der Waals surface area contributed by atoms with Crippen LogP contribution in [0.2, 0.25) is 0 Å². The Bertz CT molecular complexity index is 786. The summed E-state index contributed by atoms with van der Waals surface area (Å²) in [6.45, 7) is 0. The van der Waals surface area contributed by atoms with Gasteiger partial charge in [-0.1, -0.05) is 6.07 Å². The standard InChI is InChI=1S/C14H8O7.CH4O/c15-5-6-1-2-8(13(18)19)11-9(14(20)21)4-3-7(10(6)11)12(16)17;1-2/h1-5H,(H,16,17)(H,18,19)(H,20,21);2H,1H3. The Morgan fingerprint density at radius 3 is 1.43 bits per heavy atom. The largest absolute Gasteiger partial charge is 0.478 e. The van der Waals surface area contributed by atoms with Crippen LogP contribution >= 0.6 is 0 Å². The van der Waals surface area contributed by atoms with E-state index in [0.29, 0.717) is 6.29 Å². The van der Waals surface area contributed by atoms with Gasteiger partial charge in [-0.25, -0.2) is 14.4 Å². The predicted molar refractivity (Wildman–Crippen MR) is 78.4 cm³/mol. The molecule has 2 aromatic rings. The summed E-state index contributed by atoms with van der Waals surface area (Å²) in [6.07, 6.45) is 0.353. The highest BCUT2D eigenvalue weighted by Crippen LogP contribution is 2.29. The molecule has 0 saturated carbocycles. The Balaban J connectivity index is 0.00000127. The van der Waals surface area contributed by atoms with Gasteiger partial charge in [-0.2, -0.15) is 0 Å². The smallest absolute Gasteiger partial charge is 0.336 e. The molecule has 0 fully saturated rings. The van der Waals surface area contributed by atoms with E-state index in [0.717, 1.165) is 31.4 Å². The minimum atomic E-state index is -1.41. The molecule has 0 atom stereocenters. The van der Waals surface area contributed by atoms with Gasteiger partial charge >= 0.3 is 17.9 Å². The number of carbonyl (C=O) groups excluding carboxylic acids is 1. The molecular formula is C15H12O8. The molecule has 0 aliphatic carbocycles. The molecule has 0 spiro atoms. The van der Waals surface area contributed by atoms with E-state index in [2.05, 4.69) is 0 Å². The molecule has 0 unspecified atom stereocenters. The van der Waals surface area contributed by atoms with E-state index in [1.165, 1.54) is 0 Å². The van der Waals surface area contributed by atoms with E-state index >= 15 is 0 Å². The number of hydrogen-bond acceptors (Lipinski definition) is 5. The second-order valence-corrected chi connectivity index (χ2v) is 4.15. The number of carboxylic acid groups (broad SMARTS) is 3. The molecule has 0 radical (unpaired) electrons. The predicted octanol–water partition coefficient (Wildman–Crippen LogP) is 1.36. The Labute approximate surface area is 129 Å². The average molecular weight is 320 g/mol. The summed E-state index contributed by atoms with van der Waals surface area (Å²) >= 11 is 0. The van der Waals surface area contributed by atoms with Crippen LogP contribution in [-0.2, 0) is 0 Å². The van der Waals surface area contributed by atoms with Crippen LogP contribution in [0.25, 0.3) is 10.8 Å². The number of hydrogen-bond donors (Lipinski definition) is 4. The van der Waals surface area contributed by atoms with Gasteiger partial charge in [0.05, 0.1) is 16.7 Å². The Morgan fingerprint density at radius 2 is 1.09 bits per heavy atom. The maximum Gasteiger partial charge on any atom is 0.336 e. The normalized spacial score (nSPS) is 9.65. The topological polar surface area (TPSA) is 149 Å². The first-order chi connectivity index (χ1) is 10.9. The fraction of sp³-hybridized carbons (Fsp3) is 0.0667. The monoisotopic (exact) mass is 320 g/mol. The van der Waals surface area contributed by atoms with E-state index in [1.807, 2.05) is 0 Å². The molecule has 8 heteroatoms. The molecule has 0 bridgehead atoms. The van der Waals surface area contributed by atoms with Gasteiger partial charge in [-0.15, -0.1) is 0 Å².